The highest BCUT2D eigenvalue weighted by molar-refractivity contribution is 6.42. The molecule has 13 heteroatoms. The number of hydrogen-bond donors (Lipinski definition) is 3. The van der Waals surface area contributed by atoms with Gasteiger partial charge in [-0.05, 0) is 41.3 Å². The number of rotatable bonds is 12. The predicted molar refractivity (Wildman–Crippen MR) is 156 cm³/mol. The van der Waals surface area contributed by atoms with E-state index in [1.807, 2.05) is 0 Å². The molecule has 1 aromatic heterocycles. The lowest BCUT2D eigenvalue weighted by molar-refractivity contribution is -0.175. The van der Waals surface area contributed by atoms with E-state index in [0.717, 1.165) is 0 Å². The molecule has 43 heavy (non-hydrogen) atoms. The summed E-state index contributed by atoms with van der Waals surface area (Å²) in [7, 11) is 0. The zero-order valence-electron chi connectivity index (χ0n) is 23.1. The Kier molecular flexibility index (Phi) is 11.7. The molecule has 228 valence electrons. The van der Waals surface area contributed by atoms with Crippen LogP contribution >= 0.6 is 23.2 Å². The van der Waals surface area contributed by atoms with Crippen molar-refractivity contribution < 1.29 is 32.3 Å². The van der Waals surface area contributed by atoms with Gasteiger partial charge in [0.1, 0.15) is 17.8 Å². The van der Waals surface area contributed by atoms with Crippen molar-refractivity contribution in [1.82, 2.24) is 20.9 Å². The van der Waals surface area contributed by atoms with Gasteiger partial charge in [0.05, 0.1) is 16.1 Å². The Morgan fingerprint density at radius 1 is 0.767 bits per heavy atom. The number of Topliss-reactive ketones (excluding diaryl/α,β-unsaturated/α-hetero) is 1. The van der Waals surface area contributed by atoms with E-state index in [1.54, 1.807) is 48.5 Å². The van der Waals surface area contributed by atoms with Gasteiger partial charge < -0.3 is 16.0 Å². The van der Waals surface area contributed by atoms with Gasteiger partial charge in [0.15, 0.2) is 0 Å². The fourth-order valence-electron chi connectivity index (χ4n) is 4.14. The van der Waals surface area contributed by atoms with Gasteiger partial charge in [-0.25, -0.2) is 0 Å². The number of ketones is 1. The summed E-state index contributed by atoms with van der Waals surface area (Å²) in [6.07, 6.45) is -3.98. The molecule has 8 nitrogen and oxygen atoms in total. The summed E-state index contributed by atoms with van der Waals surface area (Å²) in [5.74, 6) is -5.50. The lowest BCUT2D eigenvalue weighted by atomic mass is 9.97. The Balaban J connectivity index is 1.92. The summed E-state index contributed by atoms with van der Waals surface area (Å²) in [5, 5.41) is 7.80. The molecule has 0 saturated carbocycles. The molecular weight excluding hydrogens is 608 g/mol. The molecule has 1 heterocycles. The third kappa shape index (κ3) is 9.79. The van der Waals surface area contributed by atoms with Crippen molar-refractivity contribution in [2.45, 2.75) is 51.0 Å². The number of nitrogens with one attached hydrogen (secondary N) is 3. The minimum absolute atomic E-state index is 0.0263. The van der Waals surface area contributed by atoms with Crippen molar-refractivity contribution in [1.29, 1.82) is 0 Å². The Hall–Kier alpha value is -3.96. The zero-order chi connectivity index (χ0) is 31.7. The second-order valence-electron chi connectivity index (χ2n) is 10.0. The van der Waals surface area contributed by atoms with Crippen LogP contribution in [-0.4, -0.2) is 52.8 Å². The van der Waals surface area contributed by atoms with E-state index >= 15 is 0 Å². The number of carbonyl (C=O) groups is 4. The SMILES string of the molecule is CC(C)[C@H](NC(=O)[C@H](Cc1ccccc1)NC(=O)[C@H](Cc1ccc(Cl)c(Cl)c1)NC(=O)c1ccccn1)C(=O)C(F)(F)F. The largest absolute Gasteiger partial charge is 0.452 e. The van der Waals surface area contributed by atoms with Gasteiger partial charge in [-0.2, -0.15) is 13.2 Å². The molecule has 0 unspecified atom stereocenters. The standard InChI is InChI=1S/C30H29Cl2F3N4O4/c1-17(2)25(26(40)30(33,34)35)39-29(43)23(15-18-8-4-3-5-9-18)38-28(42)24(16-19-11-12-20(31)21(32)14-19)37-27(41)22-10-6-7-13-36-22/h3-14,17,23-25H,15-16H2,1-2H3,(H,37,41)(H,38,42)(H,39,43)/t23-,24-,25-/m0/s1. The summed E-state index contributed by atoms with van der Waals surface area (Å²) >= 11 is 12.1. The Morgan fingerprint density at radius 3 is 1.95 bits per heavy atom. The summed E-state index contributed by atoms with van der Waals surface area (Å²) < 4.78 is 39.8. The number of nitrogens with zero attached hydrogens (tertiary/aromatic N) is 1. The van der Waals surface area contributed by atoms with Gasteiger partial charge in [-0.15, -0.1) is 0 Å². The average Bonchev–Trinajstić information content (AvgIpc) is 2.96. The van der Waals surface area contributed by atoms with Gasteiger partial charge in [0.25, 0.3) is 11.7 Å². The summed E-state index contributed by atoms with van der Waals surface area (Å²) in [6, 6.07) is 13.2. The minimum atomic E-state index is -5.18. The van der Waals surface area contributed by atoms with Crippen molar-refractivity contribution in [3.8, 4) is 0 Å². The third-order valence-corrected chi connectivity index (χ3v) is 7.12. The number of carbonyl (C=O) groups excluding carboxylic acids is 4. The molecule has 0 spiro atoms. The topological polar surface area (TPSA) is 117 Å². The summed E-state index contributed by atoms with van der Waals surface area (Å²) in [5.41, 5.74) is 1.14. The molecular formula is C30H29Cl2F3N4O4. The summed E-state index contributed by atoms with van der Waals surface area (Å²) in [4.78, 5) is 56.0. The maximum Gasteiger partial charge on any atom is 0.452 e. The van der Waals surface area contributed by atoms with E-state index in [4.69, 9.17) is 23.2 Å². The Morgan fingerprint density at radius 2 is 1.37 bits per heavy atom. The first kappa shape index (κ1) is 33.5. The summed E-state index contributed by atoms with van der Waals surface area (Å²) in [6.45, 7) is 2.72. The van der Waals surface area contributed by atoms with Crippen molar-refractivity contribution in [3.05, 3.63) is 99.8 Å². The fourth-order valence-corrected chi connectivity index (χ4v) is 4.46. The van der Waals surface area contributed by atoms with Crippen LogP contribution in [0.15, 0.2) is 72.9 Å². The van der Waals surface area contributed by atoms with Gasteiger partial charge >= 0.3 is 6.18 Å². The number of halogens is 5. The van der Waals surface area contributed by atoms with E-state index < -0.39 is 53.7 Å². The lowest BCUT2D eigenvalue weighted by Crippen LogP contribution is -2.58. The number of amides is 3. The highest BCUT2D eigenvalue weighted by Crippen LogP contribution is 2.24. The first-order valence-electron chi connectivity index (χ1n) is 13.2. The van der Waals surface area contributed by atoms with Crippen molar-refractivity contribution in [3.63, 3.8) is 0 Å². The predicted octanol–water partition coefficient (Wildman–Crippen LogP) is 4.73. The molecule has 2 aromatic carbocycles. The third-order valence-electron chi connectivity index (χ3n) is 6.39. The Bertz CT molecular complexity index is 1440. The van der Waals surface area contributed by atoms with Crippen LogP contribution in [0.3, 0.4) is 0 Å². The average molecular weight is 637 g/mol. The molecule has 3 rings (SSSR count). The quantitative estimate of drug-likeness (QED) is 0.266. The van der Waals surface area contributed by atoms with Crippen LogP contribution in [0.2, 0.25) is 10.0 Å². The highest BCUT2D eigenvalue weighted by atomic mass is 35.5. The van der Waals surface area contributed by atoms with Crippen LogP contribution in [-0.2, 0) is 27.2 Å². The van der Waals surface area contributed by atoms with Gasteiger partial charge in [-0.1, -0.05) is 79.5 Å². The van der Waals surface area contributed by atoms with Gasteiger partial charge in [0.2, 0.25) is 11.8 Å². The molecule has 3 atom stereocenters. The molecule has 3 aromatic rings. The second kappa shape index (κ2) is 15.0. The maximum absolute atomic E-state index is 13.7. The maximum atomic E-state index is 13.7. The van der Waals surface area contributed by atoms with Crippen LogP contribution in [0.5, 0.6) is 0 Å². The molecule has 3 amide bonds. The normalized spacial score (nSPS) is 13.5. The number of alkyl halides is 3. The van der Waals surface area contributed by atoms with Crippen molar-refractivity contribution in [2.24, 2.45) is 5.92 Å². The molecule has 0 aliphatic carbocycles. The first-order chi connectivity index (χ1) is 20.3. The van der Waals surface area contributed by atoms with Crippen molar-refractivity contribution >= 4 is 46.7 Å². The molecule has 0 aliphatic heterocycles. The zero-order valence-corrected chi connectivity index (χ0v) is 24.6. The van der Waals surface area contributed by atoms with E-state index in [1.165, 1.54) is 38.2 Å². The van der Waals surface area contributed by atoms with E-state index in [0.29, 0.717) is 11.1 Å². The number of benzene rings is 2. The van der Waals surface area contributed by atoms with Gasteiger partial charge in [0, 0.05) is 19.0 Å². The van der Waals surface area contributed by atoms with Crippen LogP contribution < -0.4 is 16.0 Å². The molecule has 0 saturated heterocycles. The van der Waals surface area contributed by atoms with Crippen LogP contribution in [0, 0.1) is 5.92 Å². The van der Waals surface area contributed by atoms with E-state index in [9.17, 15) is 32.3 Å². The molecule has 0 radical (unpaired) electrons. The fraction of sp³-hybridized carbons (Fsp3) is 0.300. The van der Waals surface area contributed by atoms with E-state index in [2.05, 4.69) is 20.9 Å². The molecule has 0 bridgehead atoms. The number of aromatic nitrogens is 1. The highest BCUT2D eigenvalue weighted by Gasteiger charge is 2.45. The van der Waals surface area contributed by atoms with Crippen LogP contribution in [0.1, 0.15) is 35.5 Å². The number of pyridine rings is 1. The first-order valence-corrected chi connectivity index (χ1v) is 13.9. The lowest BCUT2D eigenvalue weighted by Gasteiger charge is -2.27. The number of hydrogen-bond acceptors (Lipinski definition) is 5. The monoisotopic (exact) mass is 636 g/mol. The van der Waals surface area contributed by atoms with Gasteiger partial charge in [-0.3, -0.25) is 24.2 Å². The Labute approximate surface area is 256 Å². The van der Waals surface area contributed by atoms with Crippen molar-refractivity contribution in [2.75, 3.05) is 0 Å². The van der Waals surface area contributed by atoms with Crippen LogP contribution in [0.4, 0.5) is 13.2 Å². The minimum Gasteiger partial charge on any atom is -0.344 e. The van der Waals surface area contributed by atoms with E-state index in [-0.39, 0.29) is 28.6 Å². The molecule has 0 fully saturated rings. The smallest absolute Gasteiger partial charge is 0.344 e. The molecule has 0 aliphatic rings. The van der Waals surface area contributed by atoms with Crippen LogP contribution in [0.25, 0.3) is 0 Å². The second-order valence-corrected chi connectivity index (χ2v) is 10.9. The molecule has 3 N–H and O–H groups in total.